The summed E-state index contributed by atoms with van der Waals surface area (Å²) in [5.41, 5.74) is 2.78. The lowest BCUT2D eigenvalue weighted by atomic mass is 10.1. The van der Waals surface area contributed by atoms with E-state index in [9.17, 15) is 9.59 Å². The van der Waals surface area contributed by atoms with Crippen molar-refractivity contribution in [2.75, 3.05) is 10.3 Å². The fourth-order valence-electron chi connectivity index (χ4n) is 2.75. The van der Waals surface area contributed by atoms with Crippen molar-refractivity contribution in [1.82, 2.24) is 4.37 Å². The lowest BCUT2D eigenvalue weighted by Gasteiger charge is -2.22. The van der Waals surface area contributed by atoms with E-state index in [1.165, 1.54) is 16.5 Å². The molecule has 2 aromatic carbocycles. The van der Waals surface area contributed by atoms with Crippen molar-refractivity contribution >= 4 is 39.7 Å². The minimum absolute atomic E-state index is 0.123. The molecule has 1 aromatic heterocycles. The monoisotopic (exact) mass is 376 g/mol. The Morgan fingerprint density at radius 1 is 1.00 bits per heavy atom. The first-order valence-corrected chi connectivity index (χ1v) is 9.27. The normalized spacial score (nSPS) is 14.0. The van der Waals surface area contributed by atoms with Gasteiger partial charge in [0.25, 0.3) is 5.91 Å². The van der Waals surface area contributed by atoms with Gasteiger partial charge in [-0.25, -0.2) is 5.01 Å². The van der Waals surface area contributed by atoms with E-state index >= 15 is 0 Å². The van der Waals surface area contributed by atoms with Crippen molar-refractivity contribution in [2.45, 2.75) is 12.8 Å². The summed E-state index contributed by atoms with van der Waals surface area (Å²) in [5.74, 6) is -0.436. The Morgan fingerprint density at radius 3 is 2.44 bits per heavy atom. The van der Waals surface area contributed by atoms with E-state index in [2.05, 4.69) is 14.8 Å². The van der Waals surface area contributed by atoms with Crippen LogP contribution in [0.15, 0.2) is 71.8 Å². The second-order valence-electron chi connectivity index (χ2n) is 5.98. The van der Waals surface area contributed by atoms with E-state index in [0.29, 0.717) is 22.8 Å². The molecule has 1 N–H and O–H groups in total. The Morgan fingerprint density at radius 2 is 1.70 bits per heavy atom. The number of benzene rings is 2. The van der Waals surface area contributed by atoms with Crippen LogP contribution in [0.1, 0.15) is 12.8 Å². The molecular formula is C20H16N4O2S. The van der Waals surface area contributed by atoms with E-state index in [4.69, 9.17) is 0 Å². The predicted octanol–water partition coefficient (Wildman–Crippen LogP) is 3.93. The number of rotatable bonds is 4. The Hall–Kier alpha value is -3.32. The van der Waals surface area contributed by atoms with Crippen LogP contribution in [0.2, 0.25) is 0 Å². The van der Waals surface area contributed by atoms with Crippen LogP contribution >= 0.6 is 11.5 Å². The highest BCUT2D eigenvalue weighted by molar-refractivity contribution is 7.10. The Kier molecular flexibility index (Phi) is 4.76. The maximum absolute atomic E-state index is 12.6. The average Bonchev–Trinajstić information content (AvgIpc) is 3.18. The van der Waals surface area contributed by atoms with Gasteiger partial charge >= 0.3 is 0 Å². The van der Waals surface area contributed by atoms with Crippen LogP contribution in [-0.2, 0) is 9.59 Å². The Bertz CT molecular complexity index is 999. The third-order valence-electron chi connectivity index (χ3n) is 4.11. The first kappa shape index (κ1) is 17.1. The topological polar surface area (TPSA) is 74.7 Å². The van der Waals surface area contributed by atoms with E-state index in [0.717, 1.165) is 11.3 Å². The summed E-state index contributed by atoms with van der Waals surface area (Å²) in [6.45, 7) is 0. The number of anilines is 2. The molecule has 7 heteroatoms. The molecule has 1 aliphatic rings. The average molecular weight is 376 g/mol. The number of nitrogens with one attached hydrogen (secondary N) is 1. The summed E-state index contributed by atoms with van der Waals surface area (Å²) in [7, 11) is 0. The van der Waals surface area contributed by atoms with Crippen LogP contribution in [0.3, 0.4) is 0 Å². The lowest BCUT2D eigenvalue weighted by molar-refractivity contribution is -0.118. The molecule has 0 atom stereocenters. The first-order valence-electron chi connectivity index (χ1n) is 8.50. The molecule has 0 bridgehead atoms. The summed E-state index contributed by atoms with van der Waals surface area (Å²) in [4.78, 5) is 24.8. The minimum atomic E-state index is -0.313. The number of amides is 2. The number of carbonyl (C=O) groups excluding carboxylic acids is 2. The number of hydrazone groups is 1. The largest absolute Gasteiger partial charge is 0.311 e. The second-order valence-corrected chi connectivity index (χ2v) is 6.79. The zero-order chi connectivity index (χ0) is 18.6. The van der Waals surface area contributed by atoms with Gasteiger partial charge in [0.05, 0.1) is 11.4 Å². The van der Waals surface area contributed by atoms with Crippen LogP contribution < -0.4 is 10.3 Å². The third kappa shape index (κ3) is 3.78. The van der Waals surface area contributed by atoms with Gasteiger partial charge in [-0.15, -0.1) is 0 Å². The van der Waals surface area contributed by atoms with Gasteiger partial charge in [-0.1, -0.05) is 48.5 Å². The minimum Gasteiger partial charge on any atom is -0.311 e. The van der Waals surface area contributed by atoms with Crippen molar-refractivity contribution < 1.29 is 9.59 Å². The smallest absolute Gasteiger partial charge is 0.272 e. The van der Waals surface area contributed by atoms with Gasteiger partial charge in [0, 0.05) is 24.5 Å². The zero-order valence-corrected chi connectivity index (χ0v) is 15.1. The second kappa shape index (κ2) is 7.51. The molecule has 0 radical (unpaired) electrons. The highest BCUT2D eigenvalue weighted by Gasteiger charge is 2.25. The SMILES string of the molecule is O=C(Nc1cc(-c2ccccc2)ns1)C1=NN(c2ccccc2)C(=O)CC1. The summed E-state index contributed by atoms with van der Waals surface area (Å²) in [5, 5.41) is 9.04. The fraction of sp³-hybridized carbons (Fsp3) is 0.100. The predicted molar refractivity (Wildman–Crippen MR) is 107 cm³/mol. The highest BCUT2D eigenvalue weighted by atomic mass is 32.1. The molecule has 2 amide bonds. The molecule has 27 heavy (non-hydrogen) atoms. The maximum Gasteiger partial charge on any atom is 0.272 e. The van der Waals surface area contributed by atoms with Gasteiger partial charge in [-0.05, 0) is 23.7 Å². The van der Waals surface area contributed by atoms with Gasteiger partial charge in [0.1, 0.15) is 10.7 Å². The number of nitrogens with zero attached hydrogens (tertiary/aromatic N) is 3. The molecule has 134 valence electrons. The van der Waals surface area contributed by atoms with Crippen LogP contribution in [0, 0.1) is 0 Å². The highest BCUT2D eigenvalue weighted by Crippen LogP contribution is 2.26. The van der Waals surface area contributed by atoms with Gasteiger partial charge < -0.3 is 5.32 Å². The van der Waals surface area contributed by atoms with Crippen LogP contribution in [0.4, 0.5) is 10.7 Å². The van der Waals surface area contributed by atoms with Crippen LogP contribution in [-0.4, -0.2) is 21.9 Å². The van der Waals surface area contributed by atoms with E-state index in [-0.39, 0.29) is 18.2 Å². The number of hydrogen-bond donors (Lipinski definition) is 1. The number of hydrogen-bond acceptors (Lipinski definition) is 5. The molecule has 2 heterocycles. The summed E-state index contributed by atoms with van der Waals surface area (Å²) < 4.78 is 4.38. The zero-order valence-electron chi connectivity index (χ0n) is 14.3. The van der Waals surface area contributed by atoms with Gasteiger partial charge in [0.2, 0.25) is 5.91 Å². The molecule has 6 nitrogen and oxygen atoms in total. The quantitative estimate of drug-likeness (QED) is 0.750. The van der Waals surface area contributed by atoms with Gasteiger partial charge in [0.15, 0.2) is 0 Å². The summed E-state index contributed by atoms with van der Waals surface area (Å²) in [6, 6.07) is 20.7. The van der Waals surface area contributed by atoms with E-state index < -0.39 is 0 Å². The molecule has 4 rings (SSSR count). The summed E-state index contributed by atoms with van der Waals surface area (Å²) >= 11 is 1.22. The number of carbonyl (C=O) groups is 2. The van der Waals surface area contributed by atoms with Gasteiger partial charge in [-0.3, -0.25) is 9.59 Å². The Balaban J connectivity index is 1.51. The maximum atomic E-state index is 12.6. The standard InChI is InChI=1S/C20H16N4O2S/c25-19-12-11-16(22-24(19)15-9-5-2-6-10-15)20(26)21-18-13-17(23-27-18)14-7-3-1-4-8-14/h1-10,13H,11-12H2,(H,21,26). The van der Waals surface area contributed by atoms with Crippen molar-refractivity contribution in [3.05, 3.63) is 66.7 Å². The number of para-hydroxylation sites is 1. The molecule has 3 aromatic rings. The molecular weight excluding hydrogens is 360 g/mol. The third-order valence-corrected chi connectivity index (χ3v) is 4.82. The van der Waals surface area contributed by atoms with Crippen LogP contribution in [0.5, 0.6) is 0 Å². The van der Waals surface area contributed by atoms with E-state index in [1.807, 2.05) is 54.6 Å². The molecule has 1 aliphatic heterocycles. The first-order chi connectivity index (χ1) is 13.2. The molecule has 0 fully saturated rings. The Labute approximate surface area is 160 Å². The number of aromatic nitrogens is 1. The lowest BCUT2D eigenvalue weighted by Crippen LogP contribution is -2.36. The molecule has 0 spiro atoms. The van der Waals surface area contributed by atoms with Gasteiger partial charge in [-0.2, -0.15) is 9.47 Å². The molecule has 0 aliphatic carbocycles. The molecule has 0 saturated heterocycles. The van der Waals surface area contributed by atoms with Crippen LogP contribution in [0.25, 0.3) is 11.3 Å². The van der Waals surface area contributed by atoms with Crippen molar-refractivity contribution in [2.24, 2.45) is 5.10 Å². The molecule has 0 unspecified atom stereocenters. The summed E-state index contributed by atoms with van der Waals surface area (Å²) in [6.07, 6.45) is 0.567. The van der Waals surface area contributed by atoms with Crippen molar-refractivity contribution in [3.63, 3.8) is 0 Å². The van der Waals surface area contributed by atoms with Crippen molar-refractivity contribution in [3.8, 4) is 11.3 Å². The molecule has 0 saturated carbocycles. The fourth-order valence-corrected chi connectivity index (χ4v) is 3.41. The van der Waals surface area contributed by atoms with Crippen molar-refractivity contribution in [1.29, 1.82) is 0 Å². The van der Waals surface area contributed by atoms with E-state index in [1.54, 1.807) is 12.1 Å².